The van der Waals surface area contributed by atoms with Crippen LogP contribution >= 0.6 is 0 Å². The lowest BCUT2D eigenvalue weighted by Crippen LogP contribution is -2.63. The summed E-state index contributed by atoms with van der Waals surface area (Å²) in [5.41, 5.74) is 11.0. The molecule has 1 fully saturated rings. The van der Waals surface area contributed by atoms with Gasteiger partial charge in [-0.25, -0.2) is 0 Å². The fourth-order valence-electron chi connectivity index (χ4n) is 7.51. The summed E-state index contributed by atoms with van der Waals surface area (Å²) in [5, 5.41) is 31.9. The van der Waals surface area contributed by atoms with E-state index in [1.807, 2.05) is 6.92 Å². The number of likely N-dealkylation sites (N-methyl/N-ethyl adjacent to an activating group) is 2. The Morgan fingerprint density at radius 2 is 1.21 bits per heavy atom. The maximum atomic E-state index is 14.2. The molecule has 0 bridgehead atoms. The minimum Gasteiger partial charge on any atom is -0.391 e. The molecule has 10 atom stereocenters. The van der Waals surface area contributed by atoms with Crippen LogP contribution in [0, 0.1) is 17.8 Å². The highest BCUT2D eigenvalue weighted by Gasteiger charge is 2.40. The Morgan fingerprint density at radius 1 is 0.686 bits per heavy atom. The first-order valence-corrected chi connectivity index (χ1v) is 24.5. The molecule has 0 spiro atoms. The molecular formula is C46H83N13O11. The predicted octanol–water partition coefficient (Wildman–Crippen LogP) is -2.40. The molecule has 1 saturated heterocycles. The van der Waals surface area contributed by atoms with Gasteiger partial charge in [-0.05, 0) is 63.7 Å². The fraction of sp³-hybridized carbons (Fsp3) is 0.761. The van der Waals surface area contributed by atoms with Crippen molar-refractivity contribution >= 4 is 65.0 Å². The minimum atomic E-state index is -1.62. The number of carbonyl (C=O) groups is 10. The average molecular weight is 994 g/mol. The standard InChI is InChI=1S/C46H83N13O11/c1-12-18-30(39(64)55-36(26(7)13-2)42(67)53-31(19-16-21-50-46(47)48)45(70)59-22-17-20-32(59)40(65)49-15-4)52-44(69)38(28(9)60)57-43(68)37(27(8)14-3)56-41(66)35(25(5)6)54-33(62)23-51-34(63)24-58(11)29(10)61/h25-28,30-32,35-38,60H,12-24H2,1-11H3,(H,49,65)(H,51,63)(H,52,69)(H,53,67)(H,54,62)(H,55,64)(H,56,66)(H,57,68)(H4,47,48,50)/t26-,27-,28+,30+,31-,32-,35-,36-,37+,38-/m0/s1. The van der Waals surface area contributed by atoms with E-state index in [-0.39, 0.29) is 43.7 Å². The first-order valence-electron chi connectivity index (χ1n) is 24.5. The normalized spacial score (nSPS) is 17.1. The second-order valence-electron chi connectivity index (χ2n) is 18.4. The van der Waals surface area contributed by atoms with Crippen molar-refractivity contribution in [2.45, 2.75) is 169 Å². The molecule has 0 aliphatic carbocycles. The first kappa shape index (κ1) is 61.9. The Morgan fingerprint density at radius 3 is 1.73 bits per heavy atom. The molecule has 0 aromatic rings. The van der Waals surface area contributed by atoms with Crippen molar-refractivity contribution in [1.82, 2.24) is 52.3 Å². The van der Waals surface area contributed by atoms with Crippen molar-refractivity contribution in [3.8, 4) is 0 Å². The molecule has 1 aliphatic heterocycles. The number of carbonyl (C=O) groups excluding carboxylic acids is 10. The molecular weight excluding hydrogens is 911 g/mol. The molecule has 398 valence electrons. The molecule has 0 aromatic carbocycles. The van der Waals surface area contributed by atoms with Crippen molar-refractivity contribution in [2.75, 3.05) is 39.8 Å². The Labute approximate surface area is 412 Å². The number of guanidine groups is 1. The third-order valence-electron chi connectivity index (χ3n) is 12.2. The van der Waals surface area contributed by atoms with Gasteiger partial charge in [0.25, 0.3) is 0 Å². The van der Waals surface area contributed by atoms with Crippen LogP contribution in [0.1, 0.15) is 121 Å². The van der Waals surface area contributed by atoms with Crippen LogP contribution in [0.25, 0.3) is 0 Å². The van der Waals surface area contributed by atoms with Gasteiger partial charge >= 0.3 is 0 Å². The van der Waals surface area contributed by atoms with E-state index in [4.69, 9.17) is 11.5 Å². The van der Waals surface area contributed by atoms with Crippen LogP contribution in [0.2, 0.25) is 0 Å². The molecule has 1 aliphatic rings. The number of hydrogen-bond acceptors (Lipinski definition) is 12. The van der Waals surface area contributed by atoms with Crippen molar-refractivity contribution < 1.29 is 53.1 Å². The monoisotopic (exact) mass is 994 g/mol. The van der Waals surface area contributed by atoms with Crippen LogP contribution in [-0.2, 0) is 47.9 Å². The van der Waals surface area contributed by atoms with E-state index < -0.39 is 120 Å². The summed E-state index contributed by atoms with van der Waals surface area (Å²) < 4.78 is 0. The third kappa shape index (κ3) is 20.5. The van der Waals surface area contributed by atoms with E-state index >= 15 is 0 Å². The number of aliphatic imine (C=N–C) groups is 1. The van der Waals surface area contributed by atoms with Gasteiger partial charge < -0.3 is 68.9 Å². The largest absolute Gasteiger partial charge is 0.391 e. The highest BCUT2D eigenvalue weighted by Crippen LogP contribution is 2.21. The summed E-state index contributed by atoms with van der Waals surface area (Å²) in [4.78, 5) is 140. The van der Waals surface area contributed by atoms with Crippen molar-refractivity contribution in [2.24, 2.45) is 34.2 Å². The Kier molecular flexibility index (Phi) is 27.6. The zero-order valence-electron chi connectivity index (χ0n) is 43.1. The number of aliphatic hydroxyl groups excluding tert-OH is 1. The van der Waals surface area contributed by atoms with E-state index in [0.717, 1.165) is 4.90 Å². The second kappa shape index (κ2) is 31.2. The van der Waals surface area contributed by atoms with Gasteiger partial charge in [0.05, 0.1) is 19.2 Å². The molecule has 0 aromatic heterocycles. The van der Waals surface area contributed by atoms with Crippen LogP contribution in [0.5, 0.6) is 0 Å². The number of aliphatic hydroxyl groups is 1. The zero-order valence-corrected chi connectivity index (χ0v) is 43.1. The molecule has 1 rings (SSSR count). The van der Waals surface area contributed by atoms with Crippen molar-refractivity contribution in [3.05, 3.63) is 0 Å². The molecule has 0 unspecified atom stereocenters. The lowest BCUT2D eigenvalue weighted by Gasteiger charge is -2.32. The number of nitrogens with two attached hydrogens (primary N) is 2. The second-order valence-corrected chi connectivity index (χ2v) is 18.4. The predicted molar refractivity (Wildman–Crippen MR) is 262 cm³/mol. The van der Waals surface area contributed by atoms with Gasteiger partial charge in [-0.2, -0.15) is 0 Å². The molecule has 1 heterocycles. The summed E-state index contributed by atoms with van der Waals surface area (Å²) in [6.45, 7) is 16.5. The first-order chi connectivity index (χ1) is 32.8. The quantitative estimate of drug-likeness (QED) is 0.0203. The van der Waals surface area contributed by atoms with E-state index in [1.54, 1.807) is 48.5 Å². The molecule has 24 nitrogen and oxygen atoms in total. The van der Waals surface area contributed by atoms with Crippen LogP contribution in [0.15, 0.2) is 4.99 Å². The number of amides is 10. The highest BCUT2D eigenvalue weighted by atomic mass is 16.3. The van der Waals surface area contributed by atoms with E-state index in [2.05, 4.69) is 47.5 Å². The fourth-order valence-corrected chi connectivity index (χ4v) is 7.51. The van der Waals surface area contributed by atoms with Gasteiger partial charge in [-0.15, -0.1) is 0 Å². The van der Waals surface area contributed by atoms with Gasteiger partial charge in [0.1, 0.15) is 42.3 Å². The third-order valence-corrected chi connectivity index (χ3v) is 12.2. The van der Waals surface area contributed by atoms with E-state index in [1.165, 1.54) is 25.8 Å². The highest BCUT2D eigenvalue weighted by molar-refractivity contribution is 5.98. The number of nitrogens with one attached hydrogen (secondary N) is 8. The number of hydrogen-bond donors (Lipinski definition) is 11. The summed E-state index contributed by atoms with van der Waals surface area (Å²) in [6.07, 6.45) is 1.22. The van der Waals surface area contributed by atoms with Crippen molar-refractivity contribution in [1.29, 1.82) is 0 Å². The summed E-state index contributed by atoms with van der Waals surface area (Å²) >= 11 is 0. The summed E-state index contributed by atoms with van der Waals surface area (Å²) in [5.74, 6) is -7.96. The van der Waals surface area contributed by atoms with E-state index in [0.29, 0.717) is 51.6 Å². The number of likely N-dealkylation sites (tertiary alicyclic amines) is 1. The molecule has 0 radical (unpaired) electrons. The van der Waals surface area contributed by atoms with E-state index in [9.17, 15) is 53.1 Å². The zero-order chi connectivity index (χ0) is 53.4. The Balaban J connectivity index is 3.30. The van der Waals surface area contributed by atoms with Crippen molar-refractivity contribution in [3.63, 3.8) is 0 Å². The van der Waals surface area contributed by atoms with Gasteiger partial charge in [-0.1, -0.05) is 67.7 Å². The van der Waals surface area contributed by atoms with Crippen LogP contribution in [-0.4, -0.2) is 168 Å². The molecule has 13 N–H and O–H groups in total. The minimum absolute atomic E-state index is 0.0853. The summed E-state index contributed by atoms with van der Waals surface area (Å²) in [6, 6.07) is -8.31. The van der Waals surface area contributed by atoms with Crippen LogP contribution in [0.4, 0.5) is 0 Å². The molecule has 10 amide bonds. The topological polar surface area (TPSA) is 358 Å². The summed E-state index contributed by atoms with van der Waals surface area (Å²) in [7, 11) is 1.42. The lowest BCUT2D eigenvalue weighted by atomic mass is 9.95. The Bertz CT molecular complexity index is 1830. The number of rotatable bonds is 30. The van der Waals surface area contributed by atoms with Gasteiger partial charge in [-0.3, -0.25) is 52.9 Å². The van der Waals surface area contributed by atoms with Crippen LogP contribution in [0.3, 0.4) is 0 Å². The maximum Gasteiger partial charge on any atom is 0.245 e. The molecule has 70 heavy (non-hydrogen) atoms. The number of nitrogens with zero attached hydrogens (tertiary/aromatic N) is 3. The maximum absolute atomic E-state index is 14.2. The molecule has 24 heteroatoms. The van der Waals surface area contributed by atoms with Gasteiger partial charge in [0.2, 0.25) is 59.1 Å². The lowest BCUT2D eigenvalue weighted by molar-refractivity contribution is -0.142. The molecule has 0 saturated carbocycles. The smallest absolute Gasteiger partial charge is 0.245 e. The van der Waals surface area contributed by atoms with Gasteiger partial charge in [0.15, 0.2) is 5.96 Å². The SMILES string of the molecule is CCC[C@@H](NC(=O)[C@@H](NC(=O)[C@H](NC(=O)[C@@H](NC(=O)CNC(=O)CN(C)C(C)=O)C(C)C)[C@@H](C)CC)[C@@H](C)O)C(=O)N[C@H](C(=O)N[C@@H](CCCN=C(N)N)C(=O)N1CCC[C@H]1C(=O)NCC)[C@@H](C)CC. The van der Waals surface area contributed by atoms with Gasteiger partial charge in [0, 0.05) is 33.6 Å². The average Bonchev–Trinajstić information content (AvgIpc) is 3.80. The van der Waals surface area contributed by atoms with Crippen LogP contribution < -0.4 is 54.0 Å². The Hall–Kier alpha value is -6.07.